The lowest BCUT2D eigenvalue weighted by Gasteiger charge is -2.14. The van der Waals surface area contributed by atoms with E-state index >= 15 is 0 Å². The molecule has 4 rings (SSSR count). The van der Waals surface area contributed by atoms with E-state index in [9.17, 15) is 4.79 Å². The van der Waals surface area contributed by atoms with Gasteiger partial charge in [0.25, 0.3) is 0 Å². The molecule has 1 amide bonds. The van der Waals surface area contributed by atoms with E-state index in [1.54, 1.807) is 0 Å². The predicted molar refractivity (Wildman–Crippen MR) is 121 cm³/mol. The van der Waals surface area contributed by atoms with Gasteiger partial charge in [0.15, 0.2) is 0 Å². The standard InChI is InChI=1S/C26H26N2O2/c1-27-17-20-9-6-8-19(16-20)10-7-15-28-26(29)30-18-25-23-13-4-2-11-21(23)22-12-3-5-14-24(22)25/h2-14,16,25,27H,15,17-18H2,1H3,(H,28,29). The molecule has 0 radical (unpaired) electrons. The Kier molecular flexibility index (Phi) is 6.26. The third-order valence-electron chi connectivity index (χ3n) is 5.35. The lowest BCUT2D eigenvalue weighted by Crippen LogP contribution is -2.26. The van der Waals surface area contributed by atoms with E-state index in [1.165, 1.54) is 27.8 Å². The summed E-state index contributed by atoms with van der Waals surface area (Å²) in [5.41, 5.74) is 7.22. The van der Waals surface area contributed by atoms with Gasteiger partial charge in [0, 0.05) is 19.0 Å². The molecular weight excluding hydrogens is 372 g/mol. The third-order valence-corrected chi connectivity index (χ3v) is 5.35. The smallest absolute Gasteiger partial charge is 0.407 e. The maximum atomic E-state index is 12.2. The fraction of sp³-hybridized carbons (Fsp3) is 0.192. The average Bonchev–Trinajstić information content (AvgIpc) is 3.10. The molecule has 0 fully saturated rings. The van der Waals surface area contributed by atoms with Gasteiger partial charge in [0.2, 0.25) is 0 Å². The zero-order valence-electron chi connectivity index (χ0n) is 17.1. The van der Waals surface area contributed by atoms with Crippen LogP contribution < -0.4 is 10.6 Å². The molecule has 0 atom stereocenters. The molecular formula is C26H26N2O2. The first-order valence-electron chi connectivity index (χ1n) is 10.2. The van der Waals surface area contributed by atoms with Crippen molar-refractivity contribution >= 4 is 12.2 Å². The van der Waals surface area contributed by atoms with Crippen LogP contribution in [-0.2, 0) is 11.3 Å². The lowest BCUT2D eigenvalue weighted by molar-refractivity contribution is 0.144. The van der Waals surface area contributed by atoms with Gasteiger partial charge < -0.3 is 15.4 Å². The lowest BCUT2D eigenvalue weighted by atomic mass is 9.98. The number of benzene rings is 3. The molecule has 1 aliphatic rings. The molecule has 1 aliphatic carbocycles. The van der Waals surface area contributed by atoms with E-state index < -0.39 is 6.09 Å². The van der Waals surface area contributed by atoms with Crippen LogP contribution in [0.1, 0.15) is 28.2 Å². The van der Waals surface area contributed by atoms with Gasteiger partial charge >= 0.3 is 6.09 Å². The minimum absolute atomic E-state index is 0.0774. The number of carbonyl (C=O) groups excluding carboxylic acids is 1. The summed E-state index contributed by atoms with van der Waals surface area (Å²) < 4.78 is 5.55. The largest absolute Gasteiger partial charge is 0.449 e. The normalized spacial score (nSPS) is 12.6. The molecule has 0 saturated carbocycles. The Morgan fingerprint density at radius 2 is 1.67 bits per heavy atom. The second-order valence-corrected chi connectivity index (χ2v) is 7.38. The highest BCUT2D eigenvalue weighted by molar-refractivity contribution is 5.79. The Morgan fingerprint density at radius 1 is 0.967 bits per heavy atom. The van der Waals surface area contributed by atoms with Crippen molar-refractivity contribution in [3.63, 3.8) is 0 Å². The molecule has 3 aromatic carbocycles. The summed E-state index contributed by atoms with van der Waals surface area (Å²) >= 11 is 0. The molecule has 2 N–H and O–H groups in total. The van der Waals surface area contributed by atoms with Crippen molar-refractivity contribution in [1.82, 2.24) is 10.6 Å². The molecule has 0 saturated heterocycles. The molecule has 4 heteroatoms. The third kappa shape index (κ3) is 4.44. The first kappa shape index (κ1) is 19.9. The minimum atomic E-state index is -0.398. The summed E-state index contributed by atoms with van der Waals surface area (Å²) in [6.45, 7) is 1.59. The van der Waals surface area contributed by atoms with Crippen LogP contribution in [0.2, 0.25) is 0 Å². The van der Waals surface area contributed by atoms with Crippen molar-refractivity contribution in [1.29, 1.82) is 0 Å². The van der Waals surface area contributed by atoms with Crippen LogP contribution in [0.25, 0.3) is 17.2 Å². The summed E-state index contributed by atoms with van der Waals surface area (Å²) in [4.78, 5) is 12.2. The second kappa shape index (κ2) is 9.42. The first-order valence-corrected chi connectivity index (χ1v) is 10.2. The zero-order chi connectivity index (χ0) is 20.8. The average molecular weight is 399 g/mol. The number of hydrogen-bond donors (Lipinski definition) is 2. The molecule has 152 valence electrons. The summed E-state index contributed by atoms with van der Waals surface area (Å²) in [6.07, 6.45) is 3.54. The summed E-state index contributed by atoms with van der Waals surface area (Å²) in [5, 5.41) is 5.95. The molecule has 0 heterocycles. The van der Waals surface area contributed by atoms with Gasteiger partial charge in [-0.25, -0.2) is 4.79 Å². The van der Waals surface area contributed by atoms with Crippen LogP contribution in [0.4, 0.5) is 4.79 Å². The number of rotatable bonds is 7. The van der Waals surface area contributed by atoms with Crippen LogP contribution in [0, 0.1) is 0 Å². The molecule has 0 unspecified atom stereocenters. The second-order valence-electron chi connectivity index (χ2n) is 7.38. The summed E-state index contributed by atoms with van der Waals surface area (Å²) in [5.74, 6) is 0.0774. The van der Waals surface area contributed by atoms with Crippen molar-refractivity contribution in [2.45, 2.75) is 12.5 Å². The highest BCUT2D eigenvalue weighted by atomic mass is 16.5. The topological polar surface area (TPSA) is 50.4 Å². The SMILES string of the molecule is CNCc1cccc(C=CCNC(=O)OCC2c3ccccc3-c3ccccc32)c1. The summed E-state index contributed by atoms with van der Waals surface area (Å²) in [6, 6.07) is 25.0. The minimum Gasteiger partial charge on any atom is -0.449 e. The number of amides is 1. The van der Waals surface area contributed by atoms with Gasteiger partial charge in [-0.15, -0.1) is 0 Å². The quantitative estimate of drug-likeness (QED) is 0.592. The van der Waals surface area contributed by atoms with Crippen LogP contribution in [0.5, 0.6) is 0 Å². The van der Waals surface area contributed by atoms with Crippen molar-refractivity contribution < 1.29 is 9.53 Å². The Hall–Kier alpha value is -3.37. The number of fused-ring (bicyclic) bond motifs is 3. The first-order chi connectivity index (χ1) is 14.8. The fourth-order valence-corrected chi connectivity index (χ4v) is 4.00. The van der Waals surface area contributed by atoms with Crippen molar-refractivity contribution in [2.24, 2.45) is 0 Å². The number of nitrogens with one attached hydrogen (secondary N) is 2. The maximum absolute atomic E-state index is 12.2. The van der Waals surface area contributed by atoms with Crippen LogP contribution in [0.3, 0.4) is 0 Å². The van der Waals surface area contributed by atoms with E-state index in [0.717, 1.165) is 12.1 Å². The predicted octanol–water partition coefficient (Wildman–Crippen LogP) is 4.96. The van der Waals surface area contributed by atoms with E-state index in [2.05, 4.69) is 47.0 Å². The van der Waals surface area contributed by atoms with Crippen molar-refractivity contribution in [3.8, 4) is 11.1 Å². The van der Waals surface area contributed by atoms with Gasteiger partial charge in [-0.3, -0.25) is 0 Å². The molecule has 4 nitrogen and oxygen atoms in total. The summed E-state index contributed by atoms with van der Waals surface area (Å²) in [7, 11) is 1.93. The van der Waals surface area contributed by atoms with Crippen molar-refractivity contribution in [2.75, 3.05) is 20.2 Å². The Balaban J connectivity index is 1.31. The fourth-order valence-electron chi connectivity index (χ4n) is 4.00. The number of ether oxygens (including phenoxy) is 1. The molecule has 3 aromatic rings. The number of alkyl carbamates (subject to hydrolysis) is 1. The monoisotopic (exact) mass is 398 g/mol. The van der Waals surface area contributed by atoms with Crippen molar-refractivity contribution in [3.05, 3.63) is 101 Å². The van der Waals surface area contributed by atoms with E-state index in [1.807, 2.05) is 55.6 Å². The molecule has 0 aromatic heterocycles. The van der Waals surface area contributed by atoms with E-state index in [4.69, 9.17) is 4.74 Å². The Labute approximate surface area is 177 Å². The van der Waals surface area contributed by atoms with Gasteiger partial charge in [0.05, 0.1) is 0 Å². The Bertz CT molecular complexity index is 1010. The highest BCUT2D eigenvalue weighted by Gasteiger charge is 2.28. The van der Waals surface area contributed by atoms with Crippen LogP contribution >= 0.6 is 0 Å². The van der Waals surface area contributed by atoms with Gasteiger partial charge in [0.1, 0.15) is 6.61 Å². The van der Waals surface area contributed by atoms with Gasteiger partial charge in [-0.05, 0) is 40.4 Å². The van der Waals surface area contributed by atoms with E-state index in [0.29, 0.717) is 13.2 Å². The Morgan fingerprint density at radius 3 is 2.37 bits per heavy atom. The van der Waals surface area contributed by atoms with Gasteiger partial charge in [-0.1, -0.05) is 84.9 Å². The number of carbonyl (C=O) groups is 1. The molecule has 30 heavy (non-hydrogen) atoms. The zero-order valence-corrected chi connectivity index (χ0v) is 17.1. The maximum Gasteiger partial charge on any atom is 0.407 e. The molecule has 0 spiro atoms. The van der Waals surface area contributed by atoms with Crippen LogP contribution in [0.15, 0.2) is 78.9 Å². The molecule has 0 aliphatic heterocycles. The number of hydrogen-bond acceptors (Lipinski definition) is 3. The van der Waals surface area contributed by atoms with Gasteiger partial charge in [-0.2, -0.15) is 0 Å². The molecule has 0 bridgehead atoms. The highest BCUT2D eigenvalue weighted by Crippen LogP contribution is 2.44. The van der Waals surface area contributed by atoms with Crippen LogP contribution in [-0.4, -0.2) is 26.3 Å². The van der Waals surface area contributed by atoms with E-state index in [-0.39, 0.29) is 5.92 Å².